The molecule has 2 heteroatoms. The highest BCUT2D eigenvalue weighted by Gasteiger charge is 2.42. The third kappa shape index (κ3) is 2.76. The van der Waals surface area contributed by atoms with Crippen molar-refractivity contribution in [3.63, 3.8) is 0 Å². The Hall–Kier alpha value is -0.860. The molecule has 2 nitrogen and oxygen atoms in total. The molecule has 98 valence electrons. The predicted octanol–water partition coefficient (Wildman–Crippen LogP) is 2.70. The average molecular weight is 245 g/mol. The molecule has 3 rings (SSSR count). The summed E-state index contributed by atoms with van der Waals surface area (Å²) in [6, 6.07) is 9.85. The molecule has 1 heterocycles. The van der Waals surface area contributed by atoms with Gasteiger partial charge in [-0.2, -0.15) is 0 Å². The quantitative estimate of drug-likeness (QED) is 0.861. The first-order chi connectivity index (χ1) is 8.80. The van der Waals surface area contributed by atoms with Crippen LogP contribution in [0.15, 0.2) is 24.3 Å². The maximum absolute atomic E-state index is 5.58. The van der Waals surface area contributed by atoms with E-state index >= 15 is 0 Å². The summed E-state index contributed by atoms with van der Waals surface area (Å²) in [5.74, 6) is 0. The molecular formula is C16H23NO. The standard InChI is InChI=1S/C16H23NO/c1-18-16(8-9-16)12-14-6-4-13(5-7-14)11-15-3-2-10-17-15/h4-7,15,17H,2-3,8-12H2,1H3. The van der Waals surface area contributed by atoms with Crippen molar-refractivity contribution in [3.8, 4) is 0 Å². The minimum atomic E-state index is 0.175. The maximum atomic E-state index is 5.58. The van der Waals surface area contributed by atoms with Gasteiger partial charge in [0.05, 0.1) is 5.60 Å². The highest BCUT2D eigenvalue weighted by molar-refractivity contribution is 5.26. The number of rotatable bonds is 5. The highest BCUT2D eigenvalue weighted by atomic mass is 16.5. The first-order valence-corrected chi connectivity index (χ1v) is 7.16. The van der Waals surface area contributed by atoms with Crippen molar-refractivity contribution in [2.24, 2.45) is 0 Å². The molecule has 18 heavy (non-hydrogen) atoms. The summed E-state index contributed by atoms with van der Waals surface area (Å²) in [6.45, 7) is 1.19. The molecule has 0 aromatic heterocycles. The molecule has 1 saturated carbocycles. The normalized spacial score (nSPS) is 25.3. The van der Waals surface area contributed by atoms with Crippen molar-refractivity contribution in [1.29, 1.82) is 0 Å². The van der Waals surface area contributed by atoms with E-state index in [1.165, 1.54) is 49.8 Å². The average Bonchev–Trinajstić information content (AvgIpc) is 2.98. The van der Waals surface area contributed by atoms with Gasteiger partial charge in [-0.3, -0.25) is 0 Å². The second-order valence-corrected chi connectivity index (χ2v) is 5.88. The molecule has 1 N–H and O–H groups in total. The number of benzene rings is 1. The monoisotopic (exact) mass is 245 g/mol. The van der Waals surface area contributed by atoms with E-state index in [0.29, 0.717) is 6.04 Å². The van der Waals surface area contributed by atoms with Gasteiger partial charge in [0.15, 0.2) is 0 Å². The van der Waals surface area contributed by atoms with E-state index in [0.717, 1.165) is 6.42 Å². The minimum Gasteiger partial charge on any atom is -0.378 e. The van der Waals surface area contributed by atoms with Crippen LogP contribution < -0.4 is 5.32 Å². The lowest BCUT2D eigenvalue weighted by Gasteiger charge is -2.14. The van der Waals surface area contributed by atoms with Crippen molar-refractivity contribution in [1.82, 2.24) is 5.32 Å². The number of ether oxygens (including phenoxy) is 1. The van der Waals surface area contributed by atoms with Crippen LogP contribution in [0, 0.1) is 0 Å². The zero-order valence-electron chi connectivity index (χ0n) is 11.2. The second kappa shape index (κ2) is 5.02. The number of hydrogen-bond acceptors (Lipinski definition) is 2. The van der Waals surface area contributed by atoms with Gasteiger partial charge in [-0.25, -0.2) is 0 Å². The van der Waals surface area contributed by atoms with Gasteiger partial charge >= 0.3 is 0 Å². The Kier molecular flexibility index (Phi) is 3.40. The van der Waals surface area contributed by atoms with Gasteiger partial charge in [-0.15, -0.1) is 0 Å². The summed E-state index contributed by atoms with van der Waals surface area (Å²) in [4.78, 5) is 0. The summed E-state index contributed by atoms with van der Waals surface area (Å²) in [5, 5.41) is 3.56. The van der Waals surface area contributed by atoms with Crippen LogP contribution in [0.2, 0.25) is 0 Å². The molecule has 1 unspecified atom stereocenters. The van der Waals surface area contributed by atoms with Crippen LogP contribution >= 0.6 is 0 Å². The Morgan fingerprint density at radius 3 is 2.50 bits per heavy atom. The molecule has 0 bridgehead atoms. The number of hydrogen-bond donors (Lipinski definition) is 1. The number of methoxy groups -OCH3 is 1. The summed E-state index contributed by atoms with van der Waals surface area (Å²) >= 11 is 0. The number of nitrogens with one attached hydrogen (secondary N) is 1. The predicted molar refractivity (Wildman–Crippen MR) is 73.8 cm³/mol. The van der Waals surface area contributed by atoms with Crippen LogP contribution in [0.4, 0.5) is 0 Å². The van der Waals surface area contributed by atoms with Crippen LogP contribution in [0.25, 0.3) is 0 Å². The van der Waals surface area contributed by atoms with Crippen molar-refractivity contribution >= 4 is 0 Å². The van der Waals surface area contributed by atoms with Crippen LogP contribution in [0.5, 0.6) is 0 Å². The Bertz CT molecular complexity index is 388. The Morgan fingerprint density at radius 2 is 1.94 bits per heavy atom. The SMILES string of the molecule is COC1(Cc2ccc(CC3CCCN3)cc2)CC1. The Morgan fingerprint density at radius 1 is 1.22 bits per heavy atom. The molecule has 0 amide bonds. The molecule has 0 spiro atoms. The summed E-state index contributed by atoms with van der Waals surface area (Å²) in [7, 11) is 1.84. The van der Waals surface area contributed by atoms with E-state index in [1.807, 2.05) is 7.11 Å². The van der Waals surface area contributed by atoms with E-state index < -0.39 is 0 Å². The maximum Gasteiger partial charge on any atom is 0.0721 e. The van der Waals surface area contributed by atoms with E-state index in [4.69, 9.17) is 4.74 Å². The van der Waals surface area contributed by atoms with Gasteiger partial charge in [-0.05, 0) is 49.8 Å². The second-order valence-electron chi connectivity index (χ2n) is 5.88. The van der Waals surface area contributed by atoms with Crippen molar-refractivity contribution in [3.05, 3.63) is 35.4 Å². The topological polar surface area (TPSA) is 21.3 Å². The molecule has 2 aliphatic rings. The lowest BCUT2D eigenvalue weighted by atomic mass is 10.0. The van der Waals surface area contributed by atoms with Crippen LogP contribution in [0.3, 0.4) is 0 Å². The zero-order chi connectivity index (χ0) is 12.4. The van der Waals surface area contributed by atoms with Crippen molar-refractivity contribution in [2.45, 2.75) is 50.2 Å². The van der Waals surface area contributed by atoms with Gasteiger partial charge in [-0.1, -0.05) is 24.3 Å². The lowest BCUT2D eigenvalue weighted by molar-refractivity contribution is 0.0807. The fourth-order valence-electron chi connectivity index (χ4n) is 2.97. The van der Waals surface area contributed by atoms with Gasteiger partial charge in [0.2, 0.25) is 0 Å². The van der Waals surface area contributed by atoms with E-state index in [9.17, 15) is 0 Å². The fourth-order valence-corrected chi connectivity index (χ4v) is 2.97. The molecule has 2 fully saturated rings. The molecule has 1 saturated heterocycles. The van der Waals surface area contributed by atoms with E-state index in [-0.39, 0.29) is 5.60 Å². The van der Waals surface area contributed by atoms with Gasteiger partial charge in [0.25, 0.3) is 0 Å². The van der Waals surface area contributed by atoms with Gasteiger partial charge < -0.3 is 10.1 Å². The summed E-state index contributed by atoms with van der Waals surface area (Å²) < 4.78 is 5.58. The Labute approximate surface area is 110 Å². The highest BCUT2D eigenvalue weighted by Crippen LogP contribution is 2.41. The summed E-state index contributed by atoms with van der Waals surface area (Å²) in [5.41, 5.74) is 3.05. The third-order valence-electron chi connectivity index (χ3n) is 4.43. The zero-order valence-corrected chi connectivity index (χ0v) is 11.2. The molecule has 1 atom stereocenters. The van der Waals surface area contributed by atoms with E-state index in [2.05, 4.69) is 29.6 Å². The molecule has 1 aliphatic heterocycles. The minimum absolute atomic E-state index is 0.175. The first kappa shape index (κ1) is 12.2. The lowest BCUT2D eigenvalue weighted by Crippen LogP contribution is -2.23. The van der Waals surface area contributed by atoms with Crippen LogP contribution in [-0.4, -0.2) is 25.3 Å². The smallest absolute Gasteiger partial charge is 0.0721 e. The largest absolute Gasteiger partial charge is 0.378 e. The van der Waals surface area contributed by atoms with Crippen LogP contribution in [-0.2, 0) is 17.6 Å². The van der Waals surface area contributed by atoms with Gasteiger partial charge in [0.1, 0.15) is 0 Å². The third-order valence-corrected chi connectivity index (χ3v) is 4.43. The Balaban J connectivity index is 1.58. The molecule has 1 aliphatic carbocycles. The molecule has 1 aromatic rings. The van der Waals surface area contributed by atoms with E-state index in [1.54, 1.807) is 0 Å². The van der Waals surface area contributed by atoms with Crippen molar-refractivity contribution in [2.75, 3.05) is 13.7 Å². The summed E-state index contributed by atoms with van der Waals surface area (Å²) in [6.07, 6.45) is 7.35. The molecular weight excluding hydrogens is 222 g/mol. The van der Waals surface area contributed by atoms with Crippen LogP contribution in [0.1, 0.15) is 36.8 Å². The molecule has 1 aromatic carbocycles. The molecule has 0 radical (unpaired) electrons. The van der Waals surface area contributed by atoms with Crippen molar-refractivity contribution < 1.29 is 4.74 Å². The fraction of sp³-hybridized carbons (Fsp3) is 0.625. The van der Waals surface area contributed by atoms with Gasteiger partial charge in [0, 0.05) is 19.6 Å². The first-order valence-electron chi connectivity index (χ1n) is 7.16.